The van der Waals surface area contributed by atoms with Crippen molar-refractivity contribution in [3.63, 3.8) is 0 Å². The lowest BCUT2D eigenvalue weighted by atomic mass is 10.1. The number of esters is 1. The predicted octanol–water partition coefficient (Wildman–Crippen LogP) is -1.53. The Morgan fingerprint density at radius 3 is 2.63 bits per heavy atom. The Hall–Kier alpha value is -1.58. The smallest absolute Gasteiger partial charge is 0.302 e. The zero-order valence-electron chi connectivity index (χ0n) is 10.9. The Kier molecular flexibility index (Phi) is 6.33. The second-order valence-electron chi connectivity index (χ2n) is 4.30. The summed E-state index contributed by atoms with van der Waals surface area (Å²) in [5.74, 6) is -0.214. The van der Waals surface area contributed by atoms with Gasteiger partial charge >= 0.3 is 5.97 Å². The summed E-state index contributed by atoms with van der Waals surface area (Å²) in [6, 6.07) is 14.8. The Morgan fingerprint density at radius 2 is 1.89 bits per heavy atom. The maximum absolute atomic E-state index is 10.6. The number of carbonyl (C=O) groups is 1. The van der Waals surface area contributed by atoms with E-state index >= 15 is 0 Å². The molecule has 0 saturated heterocycles. The van der Waals surface area contributed by atoms with Crippen LogP contribution in [-0.4, -0.2) is 19.1 Å². The standard InChI is InChI=1S/C15H17NO2.ClH/c1-12(17)18-9-8-16-11-13-6-7-14-4-2-3-5-15(14)10-13;/h2-7,10,16H,8-9,11H2,1H3;1H. The van der Waals surface area contributed by atoms with E-state index in [-0.39, 0.29) is 18.4 Å². The molecule has 0 saturated carbocycles. The monoisotopic (exact) mass is 279 g/mol. The fourth-order valence-electron chi connectivity index (χ4n) is 1.92. The molecule has 0 fully saturated rings. The van der Waals surface area contributed by atoms with Crippen molar-refractivity contribution in [2.75, 3.05) is 13.2 Å². The summed E-state index contributed by atoms with van der Waals surface area (Å²) >= 11 is 0. The number of benzene rings is 2. The third-order valence-electron chi connectivity index (χ3n) is 2.82. The van der Waals surface area contributed by atoms with E-state index < -0.39 is 0 Å². The summed E-state index contributed by atoms with van der Waals surface area (Å²) in [5.41, 5.74) is 1.29. The van der Waals surface area contributed by atoms with Crippen molar-refractivity contribution in [3.05, 3.63) is 48.0 Å². The molecule has 0 radical (unpaired) electrons. The van der Waals surface area contributed by atoms with Crippen LogP contribution in [0.2, 0.25) is 0 Å². The largest absolute Gasteiger partial charge is 1.00 e. The Bertz CT molecular complexity index is 542. The van der Waals surface area contributed by atoms with Crippen LogP contribution in [0.15, 0.2) is 42.5 Å². The molecule has 2 N–H and O–H groups in total. The van der Waals surface area contributed by atoms with Crippen molar-refractivity contribution in [1.82, 2.24) is 0 Å². The van der Waals surface area contributed by atoms with Gasteiger partial charge in [0.25, 0.3) is 0 Å². The van der Waals surface area contributed by atoms with Crippen molar-refractivity contribution in [1.29, 1.82) is 0 Å². The van der Waals surface area contributed by atoms with Crippen LogP contribution in [-0.2, 0) is 16.1 Å². The van der Waals surface area contributed by atoms with E-state index in [0.717, 1.165) is 13.1 Å². The molecule has 0 spiro atoms. The molecule has 2 aromatic carbocycles. The average molecular weight is 280 g/mol. The summed E-state index contributed by atoms with van der Waals surface area (Å²) in [7, 11) is 0. The Labute approximate surface area is 119 Å². The number of rotatable bonds is 5. The van der Waals surface area contributed by atoms with Gasteiger partial charge in [0.2, 0.25) is 0 Å². The normalized spacial score (nSPS) is 9.95. The van der Waals surface area contributed by atoms with Gasteiger partial charge in [-0.1, -0.05) is 36.4 Å². The highest BCUT2D eigenvalue weighted by molar-refractivity contribution is 5.82. The molecule has 19 heavy (non-hydrogen) atoms. The molecule has 4 heteroatoms. The van der Waals surface area contributed by atoms with E-state index in [1.54, 1.807) is 0 Å². The number of ether oxygens (including phenoxy) is 1. The third kappa shape index (κ3) is 4.89. The van der Waals surface area contributed by atoms with Crippen LogP contribution in [0, 0.1) is 0 Å². The molecule has 0 aliphatic heterocycles. The van der Waals surface area contributed by atoms with Crippen molar-refractivity contribution in [2.24, 2.45) is 0 Å². The molecular weight excluding hydrogens is 262 g/mol. The molecule has 0 bridgehead atoms. The molecule has 0 aliphatic rings. The highest BCUT2D eigenvalue weighted by Gasteiger charge is 1.99. The minimum Gasteiger partial charge on any atom is -1.00 e. The van der Waals surface area contributed by atoms with Crippen molar-refractivity contribution < 1.29 is 27.3 Å². The van der Waals surface area contributed by atoms with Gasteiger partial charge in [0.15, 0.2) is 0 Å². The first-order valence-corrected chi connectivity index (χ1v) is 6.18. The third-order valence-corrected chi connectivity index (χ3v) is 2.82. The highest BCUT2D eigenvalue weighted by Crippen LogP contribution is 2.14. The Morgan fingerprint density at radius 1 is 1.16 bits per heavy atom. The summed E-state index contributed by atoms with van der Waals surface area (Å²) in [5, 5.41) is 4.68. The molecular formula is C15H18ClNO2. The summed E-state index contributed by atoms with van der Waals surface area (Å²) in [6.07, 6.45) is 0. The number of hydrogen-bond donors (Lipinski definition) is 1. The van der Waals surface area contributed by atoms with E-state index in [1.165, 1.54) is 23.3 Å². The van der Waals surface area contributed by atoms with Crippen LogP contribution in [0.25, 0.3) is 10.8 Å². The van der Waals surface area contributed by atoms with Crippen molar-refractivity contribution in [2.45, 2.75) is 13.5 Å². The highest BCUT2D eigenvalue weighted by atomic mass is 35.5. The second kappa shape index (κ2) is 7.77. The fraction of sp³-hybridized carbons (Fsp3) is 0.267. The van der Waals surface area contributed by atoms with Gasteiger partial charge < -0.3 is 22.5 Å². The summed E-state index contributed by atoms with van der Waals surface area (Å²) in [4.78, 5) is 10.6. The molecule has 2 rings (SSSR count). The number of quaternary nitrogens is 1. The lowest BCUT2D eigenvalue weighted by Gasteiger charge is -2.04. The first-order valence-electron chi connectivity index (χ1n) is 6.18. The first kappa shape index (κ1) is 15.5. The SMILES string of the molecule is CC(=O)OCC[NH2+]Cc1ccc2ccccc2c1.[Cl-]. The van der Waals surface area contributed by atoms with Gasteiger partial charge in [-0.3, -0.25) is 4.79 Å². The fourth-order valence-corrected chi connectivity index (χ4v) is 1.92. The molecule has 0 atom stereocenters. The lowest BCUT2D eigenvalue weighted by molar-refractivity contribution is -0.671. The molecule has 0 aliphatic carbocycles. The number of carbonyl (C=O) groups excluding carboxylic acids is 1. The van der Waals surface area contributed by atoms with E-state index in [1.807, 2.05) is 6.07 Å². The molecule has 0 aromatic heterocycles. The zero-order chi connectivity index (χ0) is 12.8. The van der Waals surface area contributed by atoms with Crippen LogP contribution < -0.4 is 17.7 Å². The average Bonchev–Trinajstić information content (AvgIpc) is 2.38. The number of nitrogens with two attached hydrogens (primary N) is 1. The molecule has 3 nitrogen and oxygen atoms in total. The molecule has 0 unspecified atom stereocenters. The maximum Gasteiger partial charge on any atom is 0.302 e. The van der Waals surface area contributed by atoms with E-state index in [9.17, 15) is 4.79 Å². The molecule has 102 valence electrons. The minimum atomic E-state index is -0.214. The number of hydrogen-bond acceptors (Lipinski definition) is 2. The molecule has 2 aromatic rings. The van der Waals surface area contributed by atoms with Gasteiger partial charge in [0.05, 0.1) is 0 Å². The lowest BCUT2D eigenvalue weighted by Crippen LogP contribution is -3.00. The van der Waals surface area contributed by atoms with Gasteiger partial charge in [-0.25, -0.2) is 0 Å². The van der Waals surface area contributed by atoms with Crippen LogP contribution in [0.3, 0.4) is 0 Å². The van der Waals surface area contributed by atoms with Crippen molar-refractivity contribution >= 4 is 16.7 Å². The van der Waals surface area contributed by atoms with Gasteiger partial charge in [0.1, 0.15) is 19.7 Å². The van der Waals surface area contributed by atoms with E-state index in [0.29, 0.717) is 6.61 Å². The van der Waals surface area contributed by atoms with E-state index in [4.69, 9.17) is 4.74 Å². The van der Waals surface area contributed by atoms with Crippen LogP contribution in [0.5, 0.6) is 0 Å². The van der Waals surface area contributed by atoms with Crippen LogP contribution >= 0.6 is 0 Å². The van der Waals surface area contributed by atoms with Gasteiger partial charge in [-0.2, -0.15) is 0 Å². The minimum absolute atomic E-state index is 0. The number of fused-ring (bicyclic) bond motifs is 1. The predicted molar refractivity (Wildman–Crippen MR) is 71.1 cm³/mol. The van der Waals surface area contributed by atoms with E-state index in [2.05, 4.69) is 41.7 Å². The molecule has 0 heterocycles. The topological polar surface area (TPSA) is 42.9 Å². The maximum atomic E-state index is 10.6. The summed E-state index contributed by atoms with van der Waals surface area (Å²) < 4.78 is 4.88. The van der Waals surface area contributed by atoms with Crippen LogP contribution in [0.1, 0.15) is 12.5 Å². The van der Waals surface area contributed by atoms with Crippen molar-refractivity contribution in [3.8, 4) is 0 Å². The van der Waals surface area contributed by atoms with Gasteiger partial charge in [-0.15, -0.1) is 0 Å². The van der Waals surface area contributed by atoms with Gasteiger partial charge in [-0.05, 0) is 16.8 Å². The summed E-state index contributed by atoms with van der Waals surface area (Å²) in [6.45, 7) is 3.62. The van der Waals surface area contributed by atoms with Gasteiger partial charge in [0, 0.05) is 12.5 Å². The number of halogens is 1. The zero-order valence-corrected chi connectivity index (χ0v) is 11.7. The Balaban J connectivity index is 0.00000180. The first-order chi connectivity index (χ1) is 8.75. The quantitative estimate of drug-likeness (QED) is 0.533. The second-order valence-corrected chi connectivity index (χ2v) is 4.30. The molecule has 0 amide bonds. The van der Waals surface area contributed by atoms with Crippen LogP contribution in [0.4, 0.5) is 0 Å².